The summed E-state index contributed by atoms with van der Waals surface area (Å²) in [4.78, 5) is 0. The molecule has 1 aromatic rings. The summed E-state index contributed by atoms with van der Waals surface area (Å²) in [5.74, 6) is 0.553. The minimum Gasteiger partial charge on any atom is -0.402 e. The topological polar surface area (TPSA) is 74.0 Å². The normalized spacial score (nSPS) is 31.1. The van der Waals surface area contributed by atoms with Crippen molar-refractivity contribution in [3.05, 3.63) is 89.2 Å². The molecular formula is C23H27N3. The van der Waals surface area contributed by atoms with E-state index in [9.17, 15) is 0 Å². The molecule has 1 saturated heterocycles. The highest BCUT2D eigenvalue weighted by atomic mass is 15.2. The Kier molecular flexibility index (Phi) is 4.33. The fourth-order valence-electron chi connectivity index (χ4n) is 4.10. The Labute approximate surface area is 155 Å². The molecule has 1 heterocycles. The van der Waals surface area contributed by atoms with Gasteiger partial charge in [0.05, 0.1) is 11.6 Å². The minimum atomic E-state index is -0.176. The largest absolute Gasteiger partial charge is 0.402 e. The van der Waals surface area contributed by atoms with Crippen LogP contribution in [-0.4, -0.2) is 11.6 Å². The van der Waals surface area contributed by atoms with E-state index in [-0.39, 0.29) is 5.54 Å². The predicted octanol–water partition coefficient (Wildman–Crippen LogP) is 3.78. The maximum atomic E-state index is 6.50. The summed E-state index contributed by atoms with van der Waals surface area (Å²) in [7, 11) is 0. The molecule has 1 aliphatic heterocycles. The smallest absolute Gasteiger partial charge is 0.0806 e. The molecule has 3 atom stereocenters. The molecule has 3 nitrogen and oxygen atoms in total. The van der Waals surface area contributed by atoms with Gasteiger partial charge >= 0.3 is 0 Å². The number of nitrogens with one attached hydrogen (secondary N) is 1. The molecule has 2 unspecified atom stereocenters. The lowest BCUT2D eigenvalue weighted by Gasteiger charge is -2.23. The summed E-state index contributed by atoms with van der Waals surface area (Å²) >= 11 is 0. The highest BCUT2D eigenvalue weighted by Crippen LogP contribution is 2.46. The molecule has 0 spiro atoms. The maximum Gasteiger partial charge on any atom is 0.0806 e. The Morgan fingerprint density at radius 3 is 2.65 bits per heavy atom. The van der Waals surface area contributed by atoms with Crippen molar-refractivity contribution in [3.8, 4) is 0 Å². The third kappa shape index (κ3) is 3.15. The lowest BCUT2D eigenvalue weighted by molar-refractivity contribution is 0.656. The van der Waals surface area contributed by atoms with Crippen molar-refractivity contribution in [2.24, 2.45) is 17.4 Å². The van der Waals surface area contributed by atoms with E-state index in [1.807, 2.05) is 24.3 Å². The monoisotopic (exact) mass is 345 g/mol. The number of benzene rings is 1. The van der Waals surface area contributed by atoms with Crippen molar-refractivity contribution in [2.75, 3.05) is 0 Å². The number of hydrogen-bond donors (Lipinski definition) is 3. The number of allylic oxidation sites excluding steroid dienone is 6. The van der Waals surface area contributed by atoms with Crippen molar-refractivity contribution in [1.29, 1.82) is 0 Å². The van der Waals surface area contributed by atoms with Crippen LogP contribution in [0.4, 0.5) is 0 Å². The average Bonchev–Trinajstić information content (AvgIpc) is 3.38. The molecule has 3 aliphatic rings. The molecule has 134 valence electrons. The molecule has 0 aromatic heterocycles. The van der Waals surface area contributed by atoms with Gasteiger partial charge in [0, 0.05) is 11.4 Å². The number of rotatable bonds is 4. The van der Waals surface area contributed by atoms with E-state index in [1.165, 1.54) is 11.1 Å². The second-order valence-corrected chi connectivity index (χ2v) is 7.65. The summed E-state index contributed by atoms with van der Waals surface area (Å²) < 4.78 is 0. The first-order valence-corrected chi connectivity index (χ1v) is 9.43. The van der Waals surface area contributed by atoms with Gasteiger partial charge in [0.2, 0.25) is 0 Å². The Morgan fingerprint density at radius 1 is 1.15 bits per heavy atom. The molecule has 4 rings (SSSR count). The molecule has 3 heteroatoms. The van der Waals surface area contributed by atoms with Crippen LogP contribution >= 0.6 is 0 Å². The zero-order valence-electron chi connectivity index (χ0n) is 15.3. The van der Waals surface area contributed by atoms with Crippen LogP contribution in [0, 0.1) is 5.92 Å². The summed E-state index contributed by atoms with van der Waals surface area (Å²) in [5.41, 5.74) is 18.0. The average molecular weight is 345 g/mol. The second-order valence-electron chi connectivity index (χ2n) is 7.65. The van der Waals surface area contributed by atoms with Crippen molar-refractivity contribution < 1.29 is 0 Å². The highest BCUT2D eigenvalue weighted by molar-refractivity contribution is 5.68. The van der Waals surface area contributed by atoms with Gasteiger partial charge in [0.15, 0.2) is 0 Å². The van der Waals surface area contributed by atoms with Crippen LogP contribution in [0.1, 0.15) is 31.7 Å². The van der Waals surface area contributed by atoms with Crippen LogP contribution in [0.15, 0.2) is 83.6 Å². The van der Waals surface area contributed by atoms with E-state index in [0.29, 0.717) is 12.0 Å². The van der Waals surface area contributed by atoms with E-state index in [1.54, 1.807) is 0 Å². The SMILES string of the molecule is CC1C=CC=C([C@@]2(/C=C(\N)c3ccccc3)NC2C2=CC=C(N)CC2)C1. The molecule has 26 heavy (non-hydrogen) atoms. The van der Waals surface area contributed by atoms with Gasteiger partial charge in [-0.1, -0.05) is 67.1 Å². The van der Waals surface area contributed by atoms with Gasteiger partial charge in [-0.15, -0.1) is 0 Å². The summed E-state index contributed by atoms with van der Waals surface area (Å²) in [6, 6.07) is 10.5. The molecule has 0 bridgehead atoms. The van der Waals surface area contributed by atoms with Crippen LogP contribution in [-0.2, 0) is 0 Å². The van der Waals surface area contributed by atoms with Gasteiger partial charge < -0.3 is 11.5 Å². The lowest BCUT2D eigenvalue weighted by Crippen LogP contribution is -2.23. The van der Waals surface area contributed by atoms with Crippen LogP contribution in [0.25, 0.3) is 5.70 Å². The van der Waals surface area contributed by atoms with Crippen LogP contribution in [0.3, 0.4) is 0 Å². The summed E-state index contributed by atoms with van der Waals surface area (Å²) in [6.45, 7) is 2.27. The highest BCUT2D eigenvalue weighted by Gasteiger charge is 2.56. The first-order valence-electron chi connectivity index (χ1n) is 9.43. The van der Waals surface area contributed by atoms with Crippen LogP contribution < -0.4 is 16.8 Å². The van der Waals surface area contributed by atoms with E-state index >= 15 is 0 Å². The van der Waals surface area contributed by atoms with Crippen molar-refractivity contribution in [2.45, 2.75) is 37.8 Å². The number of hydrogen-bond acceptors (Lipinski definition) is 3. The second kappa shape index (κ2) is 6.65. The van der Waals surface area contributed by atoms with E-state index in [0.717, 1.165) is 36.2 Å². The number of nitrogens with two attached hydrogens (primary N) is 2. The fourth-order valence-corrected chi connectivity index (χ4v) is 4.10. The molecule has 0 saturated carbocycles. The predicted molar refractivity (Wildman–Crippen MR) is 109 cm³/mol. The van der Waals surface area contributed by atoms with Crippen LogP contribution in [0.2, 0.25) is 0 Å². The van der Waals surface area contributed by atoms with Gasteiger partial charge in [-0.05, 0) is 48.5 Å². The van der Waals surface area contributed by atoms with Crippen LogP contribution in [0.5, 0.6) is 0 Å². The van der Waals surface area contributed by atoms with Crippen molar-refractivity contribution >= 4 is 5.70 Å². The van der Waals surface area contributed by atoms with Crippen molar-refractivity contribution in [1.82, 2.24) is 5.32 Å². The zero-order chi connectivity index (χ0) is 18.1. The third-order valence-corrected chi connectivity index (χ3v) is 5.64. The standard InChI is InChI=1S/C23H27N3/c1-16-6-5-9-19(14-16)23(15-21(25)17-7-3-2-4-8-17)22(26-23)18-10-12-20(24)13-11-18/h2-10,12,15-16,22,26H,11,13-14,24-25H2,1H3/b21-15-/t16?,22?,23-/m1/s1. The Balaban J connectivity index is 1.70. The van der Waals surface area contributed by atoms with Gasteiger partial charge in [0.25, 0.3) is 0 Å². The van der Waals surface area contributed by atoms with E-state index in [4.69, 9.17) is 11.5 Å². The molecule has 1 fully saturated rings. The molecule has 2 aliphatic carbocycles. The lowest BCUT2D eigenvalue weighted by atomic mass is 9.81. The van der Waals surface area contributed by atoms with Gasteiger partial charge in [0.1, 0.15) is 0 Å². The third-order valence-electron chi connectivity index (χ3n) is 5.64. The Morgan fingerprint density at radius 2 is 1.96 bits per heavy atom. The molecule has 1 aromatic carbocycles. The molecule has 0 amide bonds. The van der Waals surface area contributed by atoms with E-state index < -0.39 is 0 Å². The quantitative estimate of drug-likeness (QED) is 0.727. The zero-order valence-corrected chi connectivity index (χ0v) is 15.3. The molecule has 5 N–H and O–H groups in total. The molecule has 0 radical (unpaired) electrons. The first-order chi connectivity index (χ1) is 12.6. The Bertz CT molecular complexity index is 841. The summed E-state index contributed by atoms with van der Waals surface area (Å²) in [6.07, 6.45) is 16.2. The van der Waals surface area contributed by atoms with Gasteiger partial charge in [-0.2, -0.15) is 0 Å². The maximum absolute atomic E-state index is 6.50. The molecular weight excluding hydrogens is 318 g/mol. The van der Waals surface area contributed by atoms with E-state index in [2.05, 4.69) is 54.8 Å². The fraction of sp³-hybridized carbons (Fsp3) is 0.304. The minimum absolute atomic E-state index is 0.176. The first kappa shape index (κ1) is 16.9. The summed E-state index contributed by atoms with van der Waals surface area (Å²) in [5, 5.41) is 3.76. The Hall–Kier alpha value is -2.52. The van der Waals surface area contributed by atoms with Crippen molar-refractivity contribution in [3.63, 3.8) is 0 Å². The van der Waals surface area contributed by atoms with Gasteiger partial charge in [-0.3, -0.25) is 5.32 Å². The van der Waals surface area contributed by atoms with Gasteiger partial charge in [-0.25, -0.2) is 0 Å².